The molecule has 0 aromatic heterocycles. The van der Waals surface area contributed by atoms with Crippen molar-refractivity contribution in [1.82, 2.24) is 0 Å². The predicted octanol–water partition coefficient (Wildman–Crippen LogP) is 3.96. The van der Waals surface area contributed by atoms with Gasteiger partial charge in [0.25, 0.3) is 0 Å². The van der Waals surface area contributed by atoms with E-state index in [0.29, 0.717) is 6.42 Å². The topological polar surface area (TPSA) is 20.2 Å². The molecule has 1 aliphatic rings. The predicted molar refractivity (Wildman–Crippen MR) is 67.7 cm³/mol. The highest BCUT2D eigenvalue weighted by atomic mass is 35.5. The summed E-state index contributed by atoms with van der Waals surface area (Å²) >= 11 is 5.74. The summed E-state index contributed by atoms with van der Waals surface area (Å²) in [6, 6.07) is 4.67. The zero-order valence-corrected chi connectivity index (χ0v) is 11.0. The molecule has 1 N–H and O–H groups in total. The molecule has 17 heavy (non-hydrogen) atoms. The molecule has 0 aliphatic heterocycles. The van der Waals surface area contributed by atoms with E-state index in [-0.39, 0.29) is 10.4 Å². The zero-order chi connectivity index (χ0) is 12.7. The van der Waals surface area contributed by atoms with E-state index in [1.807, 2.05) is 0 Å². The summed E-state index contributed by atoms with van der Waals surface area (Å²) in [5.74, 6) is -0.408. The molecule has 0 bridgehead atoms. The first-order valence-electron chi connectivity index (χ1n) is 5.96. The maximum atomic E-state index is 13.0. The lowest BCUT2D eigenvalue weighted by molar-refractivity contribution is 0.0379. The third kappa shape index (κ3) is 2.99. The Bertz CT molecular complexity index is 430. The van der Waals surface area contributed by atoms with Gasteiger partial charge >= 0.3 is 0 Å². The first-order valence-corrected chi connectivity index (χ1v) is 6.34. The summed E-state index contributed by atoms with van der Waals surface area (Å²) in [4.78, 5) is 0. The van der Waals surface area contributed by atoms with Gasteiger partial charge in [-0.1, -0.05) is 31.5 Å². The van der Waals surface area contributed by atoms with Gasteiger partial charge in [-0.3, -0.25) is 0 Å². The van der Waals surface area contributed by atoms with Gasteiger partial charge in [-0.25, -0.2) is 4.39 Å². The van der Waals surface area contributed by atoms with Crippen LogP contribution in [0, 0.1) is 11.2 Å². The average Bonchev–Trinajstić information content (AvgIpc) is 2.47. The van der Waals surface area contributed by atoms with Crippen LogP contribution < -0.4 is 0 Å². The maximum Gasteiger partial charge on any atom is 0.141 e. The van der Waals surface area contributed by atoms with Crippen LogP contribution in [0.2, 0.25) is 5.02 Å². The Morgan fingerprint density at radius 3 is 2.59 bits per heavy atom. The molecule has 1 unspecified atom stereocenters. The lowest BCUT2D eigenvalue weighted by Gasteiger charge is -2.25. The van der Waals surface area contributed by atoms with Crippen molar-refractivity contribution in [1.29, 1.82) is 0 Å². The van der Waals surface area contributed by atoms with Crippen LogP contribution in [0.3, 0.4) is 0 Å². The highest BCUT2D eigenvalue weighted by Crippen LogP contribution is 2.45. The van der Waals surface area contributed by atoms with Gasteiger partial charge in [0.15, 0.2) is 0 Å². The molecule has 1 saturated carbocycles. The van der Waals surface area contributed by atoms with Gasteiger partial charge in [-0.15, -0.1) is 0 Å². The summed E-state index contributed by atoms with van der Waals surface area (Å²) in [6.45, 7) is 4.34. The first kappa shape index (κ1) is 12.8. The second-order valence-corrected chi connectivity index (χ2v) is 6.40. The third-order valence-corrected chi connectivity index (χ3v) is 3.88. The lowest BCUT2D eigenvalue weighted by atomic mass is 9.86. The Morgan fingerprint density at radius 2 is 2.06 bits per heavy atom. The Hall–Kier alpha value is -0.600. The van der Waals surface area contributed by atoms with E-state index in [0.717, 1.165) is 24.8 Å². The van der Waals surface area contributed by atoms with Crippen molar-refractivity contribution in [3.63, 3.8) is 0 Å². The van der Waals surface area contributed by atoms with Crippen molar-refractivity contribution >= 4 is 11.6 Å². The minimum absolute atomic E-state index is 0.128. The van der Waals surface area contributed by atoms with Gasteiger partial charge < -0.3 is 5.11 Å². The standard InChI is InChI=1S/C14H18ClFO/c1-13(2)5-6-14(17,9-13)8-10-3-4-12(16)11(15)7-10/h3-4,7,17H,5-6,8-9H2,1-2H3. The highest BCUT2D eigenvalue weighted by molar-refractivity contribution is 6.30. The van der Waals surface area contributed by atoms with Crippen LogP contribution in [0.15, 0.2) is 18.2 Å². The van der Waals surface area contributed by atoms with Gasteiger partial charge in [0.1, 0.15) is 5.82 Å². The number of halogens is 2. The normalized spacial score (nSPS) is 27.4. The van der Waals surface area contributed by atoms with E-state index in [1.165, 1.54) is 6.07 Å². The van der Waals surface area contributed by atoms with E-state index in [4.69, 9.17) is 11.6 Å². The Morgan fingerprint density at radius 1 is 1.35 bits per heavy atom. The number of hydrogen-bond donors (Lipinski definition) is 1. The molecule has 2 rings (SSSR count). The molecular weight excluding hydrogens is 239 g/mol. The van der Waals surface area contributed by atoms with Gasteiger partial charge in [0.05, 0.1) is 10.6 Å². The minimum Gasteiger partial charge on any atom is -0.390 e. The molecule has 1 aliphatic carbocycles. The maximum absolute atomic E-state index is 13.0. The van der Waals surface area contributed by atoms with E-state index in [2.05, 4.69) is 13.8 Å². The summed E-state index contributed by atoms with van der Waals surface area (Å²) < 4.78 is 13.0. The van der Waals surface area contributed by atoms with Gasteiger partial charge in [0, 0.05) is 6.42 Å². The van der Waals surface area contributed by atoms with E-state index in [9.17, 15) is 9.50 Å². The third-order valence-electron chi connectivity index (χ3n) is 3.59. The van der Waals surface area contributed by atoms with Gasteiger partial charge in [-0.05, 0) is 42.4 Å². The summed E-state index contributed by atoms with van der Waals surface area (Å²) in [7, 11) is 0. The molecule has 3 heteroatoms. The molecule has 1 atom stereocenters. The Labute approximate surface area is 107 Å². The second-order valence-electron chi connectivity index (χ2n) is 5.99. The molecule has 1 nitrogen and oxygen atoms in total. The molecule has 1 fully saturated rings. The van der Waals surface area contributed by atoms with Crippen molar-refractivity contribution in [2.24, 2.45) is 5.41 Å². The Balaban J connectivity index is 2.13. The molecule has 1 aromatic carbocycles. The molecule has 0 amide bonds. The number of hydrogen-bond acceptors (Lipinski definition) is 1. The second kappa shape index (κ2) is 4.25. The number of aliphatic hydroxyl groups is 1. The van der Waals surface area contributed by atoms with Crippen molar-refractivity contribution in [2.75, 3.05) is 0 Å². The SMILES string of the molecule is CC1(C)CCC(O)(Cc2ccc(F)c(Cl)c2)C1. The smallest absolute Gasteiger partial charge is 0.141 e. The molecule has 0 saturated heterocycles. The monoisotopic (exact) mass is 256 g/mol. The van der Waals surface area contributed by atoms with Crippen LogP contribution >= 0.6 is 11.6 Å². The number of rotatable bonds is 2. The van der Waals surface area contributed by atoms with Crippen LogP contribution in [0.4, 0.5) is 4.39 Å². The zero-order valence-electron chi connectivity index (χ0n) is 10.3. The van der Waals surface area contributed by atoms with Gasteiger partial charge in [0.2, 0.25) is 0 Å². The molecule has 0 heterocycles. The van der Waals surface area contributed by atoms with Crippen LogP contribution in [-0.4, -0.2) is 10.7 Å². The molecule has 0 radical (unpaired) electrons. The largest absolute Gasteiger partial charge is 0.390 e. The molecular formula is C14H18ClFO. The average molecular weight is 257 g/mol. The van der Waals surface area contributed by atoms with E-state index in [1.54, 1.807) is 12.1 Å². The fourth-order valence-electron chi connectivity index (χ4n) is 2.82. The molecule has 1 aromatic rings. The summed E-state index contributed by atoms with van der Waals surface area (Å²) in [5, 5.41) is 10.6. The molecule has 0 spiro atoms. The fourth-order valence-corrected chi connectivity index (χ4v) is 3.02. The summed E-state index contributed by atoms with van der Waals surface area (Å²) in [5.41, 5.74) is 0.431. The Kier molecular flexibility index (Phi) is 3.21. The minimum atomic E-state index is -0.662. The van der Waals surface area contributed by atoms with Crippen molar-refractivity contribution in [3.05, 3.63) is 34.6 Å². The van der Waals surface area contributed by atoms with Gasteiger partial charge in [-0.2, -0.15) is 0 Å². The van der Waals surface area contributed by atoms with Crippen LogP contribution in [-0.2, 0) is 6.42 Å². The van der Waals surface area contributed by atoms with E-state index >= 15 is 0 Å². The quantitative estimate of drug-likeness (QED) is 0.849. The number of benzene rings is 1. The fraction of sp³-hybridized carbons (Fsp3) is 0.571. The lowest BCUT2D eigenvalue weighted by Crippen LogP contribution is -2.29. The van der Waals surface area contributed by atoms with Crippen LogP contribution in [0.25, 0.3) is 0 Å². The highest BCUT2D eigenvalue weighted by Gasteiger charge is 2.41. The van der Waals surface area contributed by atoms with Crippen molar-refractivity contribution in [3.8, 4) is 0 Å². The van der Waals surface area contributed by atoms with Crippen molar-refractivity contribution < 1.29 is 9.50 Å². The van der Waals surface area contributed by atoms with Crippen LogP contribution in [0.1, 0.15) is 38.7 Å². The summed E-state index contributed by atoms with van der Waals surface area (Å²) in [6.07, 6.45) is 3.17. The van der Waals surface area contributed by atoms with Crippen molar-refractivity contribution in [2.45, 2.75) is 45.1 Å². The van der Waals surface area contributed by atoms with Crippen LogP contribution in [0.5, 0.6) is 0 Å². The molecule has 94 valence electrons. The van der Waals surface area contributed by atoms with E-state index < -0.39 is 11.4 Å². The first-order chi connectivity index (χ1) is 7.80.